The molecule has 0 saturated carbocycles. The van der Waals surface area contributed by atoms with E-state index in [1.54, 1.807) is 11.3 Å². The summed E-state index contributed by atoms with van der Waals surface area (Å²) >= 11 is 1.77. The molecule has 0 unspecified atom stereocenters. The van der Waals surface area contributed by atoms with Gasteiger partial charge in [-0.3, -0.25) is 9.78 Å². The largest absolute Gasteiger partial charge is 0.400 e. The Hall–Kier alpha value is -2.08. The van der Waals surface area contributed by atoms with Crippen LogP contribution in [0.4, 0.5) is 0 Å². The summed E-state index contributed by atoms with van der Waals surface area (Å²) in [7, 11) is 1.00. The number of aliphatic hydroxyl groups is 1. The first-order valence-corrected chi connectivity index (χ1v) is 9.97. The molecule has 4 rings (SSSR count). The second kappa shape index (κ2) is 7.89. The molecule has 0 saturated heterocycles. The van der Waals surface area contributed by atoms with Crippen LogP contribution in [0, 0.1) is 5.41 Å². The topological polar surface area (TPSA) is 76.2 Å². The van der Waals surface area contributed by atoms with Crippen LogP contribution in [0.5, 0.6) is 0 Å². The lowest BCUT2D eigenvalue weighted by molar-refractivity contribution is 0.112. The second-order valence-corrected chi connectivity index (χ2v) is 8.69. The number of pyridine rings is 1. The molecule has 1 aliphatic carbocycles. The SMILES string of the molecule is CC1(C)CCc2sc(-c3c(CN)cnc4ccccc34)c(C=O)c2C1.CO. The second-order valence-electron chi connectivity index (χ2n) is 7.59. The molecule has 1 aliphatic rings. The molecule has 0 spiro atoms. The van der Waals surface area contributed by atoms with Crippen molar-refractivity contribution < 1.29 is 9.90 Å². The standard InChI is InChI=1S/C21H22N2OS.CH4O/c1-21(2)8-7-18-15(9-21)16(12-24)20(25-18)19-13(10-22)11-23-17-6-4-3-5-14(17)19;1-2/h3-6,11-12H,7-10,22H2,1-2H3;2H,1H3. The van der Waals surface area contributed by atoms with E-state index in [4.69, 9.17) is 10.8 Å². The quantitative estimate of drug-likeness (QED) is 0.660. The van der Waals surface area contributed by atoms with Gasteiger partial charge in [0.05, 0.1) is 5.52 Å². The van der Waals surface area contributed by atoms with Gasteiger partial charge in [0, 0.05) is 46.1 Å². The van der Waals surface area contributed by atoms with Crippen molar-refractivity contribution in [1.29, 1.82) is 0 Å². The zero-order chi connectivity index (χ0) is 19.6. The number of carbonyl (C=O) groups excluding carboxylic acids is 1. The molecule has 3 N–H and O–H groups in total. The van der Waals surface area contributed by atoms with Crippen LogP contribution in [0.25, 0.3) is 21.3 Å². The third kappa shape index (κ3) is 3.55. The number of hydrogen-bond acceptors (Lipinski definition) is 5. The van der Waals surface area contributed by atoms with E-state index in [2.05, 4.69) is 24.9 Å². The van der Waals surface area contributed by atoms with Crippen molar-refractivity contribution in [3.63, 3.8) is 0 Å². The van der Waals surface area contributed by atoms with E-state index < -0.39 is 0 Å². The summed E-state index contributed by atoms with van der Waals surface area (Å²) in [6, 6.07) is 8.10. The number of aldehydes is 1. The molecule has 0 bridgehead atoms. The van der Waals surface area contributed by atoms with Crippen molar-refractivity contribution in [3.8, 4) is 10.4 Å². The number of aromatic nitrogens is 1. The summed E-state index contributed by atoms with van der Waals surface area (Å²) in [4.78, 5) is 19.0. The van der Waals surface area contributed by atoms with Crippen LogP contribution in [0.2, 0.25) is 0 Å². The molecule has 142 valence electrons. The van der Waals surface area contributed by atoms with Crippen LogP contribution >= 0.6 is 11.3 Å². The average Bonchev–Trinajstić information content (AvgIpc) is 3.04. The highest BCUT2D eigenvalue weighted by Gasteiger charge is 2.31. The number of benzene rings is 1. The van der Waals surface area contributed by atoms with Gasteiger partial charge < -0.3 is 10.8 Å². The van der Waals surface area contributed by atoms with Crippen LogP contribution in [0.1, 0.15) is 46.6 Å². The Morgan fingerprint density at radius 2 is 2.04 bits per heavy atom. The molecule has 0 aliphatic heterocycles. The lowest BCUT2D eigenvalue weighted by atomic mass is 9.76. The van der Waals surface area contributed by atoms with Gasteiger partial charge >= 0.3 is 0 Å². The maximum absolute atomic E-state index is 12.0. The average molecular weight is 383 g/mol. The van der Waals surface area contributed by atoms with E-state index >= 15 is 0 Å². The van der Waals surface area contributed by atoms with Crippen molar-refractivity contribution in [1.82, 2.24) is 4.98 Å². The van der Waals surface area contributed by atoms with Crippen molar-refractivity contribution in [2.24, 2.45) is 11.1 Å². The summed E-state index contributed by atoms with van der Waals surface area (Å²) in [5, 5.41) is 8.08. The number of para-hydroxylation sites is 1. The third-order valence-corrected chi connectivity index (χ3v) is 6.56. The molecule has 4 nitrogen and oxygen atoms in total. The number of nitrogens with two attached hydrogens (primary N) is 1. The van der Waals surface area contributed by atoms with E-state index in [1.807, 2.05) is 24.4 Å². The van der Waals surface area contributed by atoms with E-state index in [0.717, 1.165) is 58.7 Å². The Kier molecular flexibility index (Phi) is 5.75. The fraction of sp³-hybridized carbons (Fsp3) is 0.364. The van der Waals surface area contributed by atoms with Crippen LogP contribution in [-0.2, 0) is 19.4 Å². The van der Waals surface area contributed by atoms with Gasteiger partial charge in [-0.05, 0) is 41.9 Å². The zero-order valence-corrected chi connectivity index (χ0v) is 16.9. The van der Waals surface area contributed by atoms with Crippen LogP contribution < -0.4 is 5.73 Å². The number of rotatable bonds is 3. The Morgan fingerprint density at radius 1 is 1.30 bits per heavy atom. The highest BCUT2D eigenvalue weighted by atomic mass is 32.1. The molecule has 5 heteroatoms. The van der Waals surface area contributed by atoms with Crippen molar-refractivity contribution in [3.05, 3.63) is 52.0 Å². The number of fused-ring (bicyclic) bond motifs is 2. The molecule has 0 radical (unpaired) electrons. The molecule has 2 heterocycles. The number of thiophene rings is 1. The highest BCUT2D eigenvalue weighted by Crippen LogP contribution is 2.46. The fourth-order valence-corrected chi connectivity index (χ4v) is 5.24. The van der Waals surface area contributed by atoms with E-state index in [9.17, 15) is 4.79 Å². The molecular formula is C22H26N2O2S. The van der Waals surface area contributed by atoms with Gasteiger partial charge in [-0.2, -0.15) is 0 Å². The van der Waals surface area contributed by atoms with Gasteiger partial charge in [-0.25, -0.2) is 0 Å². The number of carbonyl (C=O) groups is 1. The summed E-state index contributed by atoms with van der Waals surface area (Å²) in [5.41, 5.74) is 11.4. The number of nitrogens with zero attached hydrogens (tertiary/aromatic N) is 1. The first-order chi connectivity index (χ1) is 13.0. The number of aryl methyl sites for hydroxylation is 1. The summed E-state index contributed by atoms with van der Waals surface area (Å²) in [5.74, 6) is 0. The van der Waals surface area contributed by atoms with Gasteiger partial charge in [0.25, 0.3) is 0 Å². The summed E-state index contributed by atoms with van der Waals surface area (Å²) < 4.78 is 0. The molecule has 0 fully saturated rings. The predicted molar refractivity (Wildman–Crippen MR) is 112 cm³/mol. The van der Waals surface area contributed by atoms with Crippen LogP contribution in [0.15, 0.2) is 30.5 Å². The van der Waals surface area contributed by atoms with Crippen LogP contribution in [0.3, 0.4) is 0 Å². The van der Waals surface area contributed by atoms with E-state index in [1.165, 1.54) is 16.9 Å². The molecule has 2 aromatic heterocycles. The third-order valence-electron chi connectivity index (χ3n) is 5.23. The van der Waals surface area contributed by atoms with Gasteiger partial charge in [0.15, 0.2) is 6.29 Å². The normalized spacial score (nSPS) is 15.0. The molecule has 0 atom stereocenters. The number of hydrogen-bond donors (Lipinski definition) is 2. The monoisotopic (exact) mass is 382 g/mol. The molecule has 27 heavy (non-hydrogen) atoms. The van der Waals surface area contributed by atoms with Gasteiger partial charge in [0.2, 0.25) is 0 Å². The van der Waals surface area contributed by atoms with Crippen molar-refractivity contribution in [2.75, 3.05) is 7.11 Å². The van der Waals surface area contributed by atoms with Crippen molar-refractivity contribution >= 4 is 28.5 Å². The van der Waals surface area contributed by atoms with Gasteiger partial charge in [-0.1, -0.05) is 32.0 Å². The minimum Gasteiger partial charge on any atom is -0.400 e. The first-order valence-electron chi connectivity index (χ1n) is 9.15. The molecule has 0 amide bonds. The number of aliphatic hydroxyl groups excluding tert-OH is 1. The fourth-order valence-electron chi connectivity index (χ4n) is 3.86. The Morgan fingerprint density at radius 3 is 2.74 bits per heavy atom. The Balaban J connectivity index is 0.00000102. The lowest BCUT2D eigenvalue weighted by Crippen LogP contribution is -2.21. The first kappa shape index (κ1) is 19.7. The van der Waals surface area contributed by atoms with Crippen molar-refractivity contribution in [2.45, 2.75) is 39.7 Å². The summed E-state index contributed by atoms with van der Waals surface area (Å²) in [6.45, 7) is 4.99. The Labute approximate surface area is 164 Å². The molecule has 1 aromatic carbocycles. The van der Waals surface area contributed by atoms with Gasteiger partial charge in [-0.15, -0.1) is 11.3 Å². The zero-order valence-electron chi connectivity index (χ0n) is 16.1. The Bertz CT molecular complexity index is 976. The minimum absolute atomic E-state index is 0.250. The van der Waals surface area contributed by atoms with Crippen LogP contribution in [-0.4, -0.2) is 23.5 Å². The highest BCUT2D eigenvalue weighted by molar-refractivity contribution is 7.16. The maximum Gasteiger partial charge on any atom is 0.151 e. The smallest absolute Gasteiger partial charge is 0.151 e. The molecular weight excluding hydrogens is 356 g/mol. The lowest BCUT2D eigenvalue weighted by Gasteiger charge is -2.29. The minimum atomic E-state index is 0.250. The molecule has 3 aromatic rings. The van der Waals surface area contributed by atoms with E-state index in [0.29, 0.717) is 6.54 Å². The summed E-state index contributed by atoms with van der Waals surface area (Å²) in [6.07, 6.45) is 6.08. The van der Waals surface area contributed by atoms with Gasteiger partial charge in [0.1, 0.15) is 0 Å². The predicted octanol–water partition coefficient (Wildman–Crippen LogP) is 4.36. The maximum atomic E-state index is 12.0. The van der Waals surface area contributed by atoms with E-state index in [-0.39, 0.29) is 5.41 Å².